The highest BCUT2D eigenvalue weighted by Crippen LogP contribution is 2.35. The molecular weight excluding hydrogens is 284 g/mol. The first kappa shape index (κ1) is 16.9. The normalized spacial score (nSPS) is 10.4. The molecule has 3 N–H and O–H groups in total. The fourth-order valence-corrected chi connectivity index (χ4v) is 2.90. The second-order valence-electron chi connectivity index (χ2n) is 5.44. The van der Waals surface area contributed by atoms with E-state index < -0.39 is 0 Å². The van der Waals surface area contributed by atoms with Crippen molar-refractivity contribution in [2.24, 2.45) is 0 Å². The minimum absolute atomic E-state index is 0. The van der Waals surface area contributed by atoms with Gasteiger partial charge >= 0.3 is 0 Å². The molecule has 120 valence electrons. The first-order valence-corrected chi connectivity index (χ1v) is 7.81. The number of benzene rings is 1. The van der Waals surface area contributed by atoms with Crippen molar-refractivity contribution in [3.8, 4) is 22.4 Å². The second kappa shape index (κ2) is 7.20. The Hall–Kier alpha value is -2.46. The molecule has 0 fully saturated rings. The summed E-state index contributed by atoms with van der Waals surface area (Å²) in [5, 5.41) is 4.83. The van der Waals surface area contributed by atoms with Crippen LogP contribution in [0.4, 0.5) is 0 Å². The first-order valence-electron chi connectivity index (χ1n) is 7.81. The molecule has 0 aliphatic carbocycles. The van der Waals surface area contributed by atoms with Gasteiger partial charge in [0, 0.05) is 30.1 Å². The third kappa shape index (κ3) is 3.17. The lowest BCUT2D eigenvalue weighted by Crippen LogP contribution is -2.00. The van der Waals surface area contributed by atoms with E-state index in [1.165, 1.54) is 27.9 Å². The standard InChI is InChI=1S/C19H21N3.H3N/c1-4-17-18(15-9-11-20-12-10-15)19(22(5-2)21-17)16-8-6-7-14(3)13-16;/h6-13H,4-5H2,1-3H3;1H3. The summed E-state index contributed by atoms with van der Waals surface area (Å²) in [5.74, 6) is 0. The molecule has 4 nitrogen and oxygen atoms in total. The number of hydrogen-bond donors (Lipinski definition) is 1. The van der Waals surface area contributed by atoms with Crippen molar-refractivity contribution in [2.75, 3.05) is 0 Å². The number of nitrogens with zero attached hydrogens (tertiary/aromatic N) is 3. The zero-order chi connectivity index (χ0) is 15.5. The third-order valence-electron chi connectivity index (χ3n) is 3.92. The van der Waals surface area contributed by atoms with E-state index in [2.05, 4.69) is 66.8 Å². The van der Waals surface area contributed by atoms with Crippen LogP contribution in [0.1, 0.15) is 25.1 Å². The van der Waals surface area contributed by atoms with Gasteiger partial charge in [-0.15, -0.1) is 0 Å². The Morgan fingerprint density at radius 1 is 1.00 bits per heavy atom. The topological polar surface area (TPSA) is 65.7 Å². The molecule has 2 heterocycles. The van der Waals surface area contributed by atoms with Gasteiger partial charge in [-0.3, -0.25) is 9.67 Å². The summed E-state index contributed by atoms with van der Waals surface area (Å²) in [4.78, 5) is 4.14. The number of aryl methyl sites for hydroxylation is 3. The Balaban J connectivity index is 0.00000192. The van der Waals surface area contributed by atoms with Crippen molar-refractivity contribution in [2.45, 2.75) is 33.7 Å². The van der Waals surface area contributed by atoms with Crippen molar-refractivity contribution in [3.05, 3.63) is 60.0 Å². The molecule has 0 saturated heterocycles. The summed E-state index contributed by atoms with van der Waals surface area (Å²) in [7, 11) is 0. The van der Waals surface area contributed by atoms with Gasteiger partial charge in [-0.05, 0) is 44.0 Å². The molecule has 0 spiro atoms. The van der Waals surface area contributed by atoms with E-state index in [1.54, 1.807) is 0 Å². The van der Waals surface area contributed by atoms with Gasteiger partial charge in [0.15, 0.2) is 0 Å². The van der Waals surface area contributed by atoms with Crippen LogP contribution >= 0.6 is 0 Å². The minimum atomic E-state index is 0. The van der Waals surface area contributed by atoms with E-state index >= 15 is 0 Å². The minimum Gasteiger partial charge on any atom is -0.344 e. The van der Waals surface area contributed by atoms with Gasteiger partial charge in [-0.25, -0.2) is 0 Å². The fraction of sp³-hybridized carbons (Fsp3) is 0.263. The first-order chi connectivity index (χ1) is 10.7. The Morgan fingerprint density at radius 3 is 2.35 bits per heavy atom. The molecule has 0 aliphatic rings. The van der Waals surface area contributed by atoms with E-state index in [4.69, 9.17) is 5.10 Å². The molecule has 3 aromatic rings. The Morgan fingerprint density at radius 2 is 1.74 bits per heavy atom. The van der Waals surface area contributed by atoms with E-state index in [-0.39, 0.29) is 6.15 Å². The molecule has 0 aliphatic heterocycles. The number of hydrogen-bond acceptors (Lipinski definition) is 3. The van der Waals surface area contributed by atoms with Gasteiger partial charge in [0.25, 0.3) is 0 Å². The highest BCUT2D eigenvalue weighted by molar-refractivity contribution is 5.83. The van der Waals surface area contributed by atoms with Gasteiger partial charge in [-0.1, -0.05) is 30.7 Å². The van der Waals surface area contributed by atoms with E-state index in [1.807, 2.05) is 12.4 Å². The molecule has 0 saturated carbocycles. The van der Waals surface area contributed by atoms with Gasteiger partial charge in [0.1, 0.15) is 0 Å². The van der Waals surface area contributed by atoms with Gasteiger partial charge < -0.3 is 6.15 Å². The monoisotopic (exact) mass is 308 g/mol. The molecule has 3 rings (SSSR count). The molecule has 4 heteroatoms. The van der Waals surface area contributed by atoms with Gasteiger partial charge in [-0.2, -0.15) is 5.10 Å². The lowest BCUT2D eigenvalue weighted by Gasteiger charge is -2.10. The molecular formula is C19H24N4. The molecule has 2 aromatic heterocycles. The van der Waals surface area contributed by atoms with Crippen molar-refractivity contribution < 1.29 is 0 Å². The predicted octanol–water partition coefficient (Wildman–Crippen LogP) is 4.66. The van der Waals surface area contributed by atoms with Crippen LogP contribution < -0.4 is 6.15 Å². The van der Waals surface area contributed by atoms with Crippen molar-refractivity contribution >= 4 is 0 Å². The average Bonchev–Trinajstić information content (AvgIpc) is 2.94. The highest BCUT2D eigenvalue weighted by atomic mass is 15.3. The smallest absolute Gasteiger partial charge is 0.0763 e. The lowest BCUT2D eigenvalue weighted by molar-refractivity contribution is 0.655. The van der Waals surface area contributed by atoms with Crippen LogP contribution in [0.5, 0.6) is 0 Å². The van der Waals surface area contributed by atoms with Gasteiger partial charge in [0.2, 0.25) is 0 Å². The van der Waals surface area contributed by atoms with Crippen molar-refractivity contribution in [3.63, 3.8) is 0 Å². The molecule has 0 bridgehead atoms. The summed E-state index contributed by atoms with van der Waals surface area (Å²) in [6, 6.07) is 12.8. The second-order valence-corrected chi connectivity index (χ2v) is 5.44. The van der Waals surface area contributed by atoms with Gasteiger partial charge in [0.05, 0.1) is 11.4 Å². The molecule has 1 aromatic carbocycles. The molecule has 0 amide bonds. The van der Waals surface area contributed by atoms with Crippen LogP contribution in [0.3, 0.4) is 0 Å². The van der Waals surface area contributed by atoms with Crippen molar-refractivity contribution in [1.82, 2.24) is 20.9 Å². The molecule has 23 heavy (non-hydrogen) atoms. The number of aromatic nitrogens is 3. The highest BCUT2D eigenvalue weighted by Gasteiger charge is 2.19. The van der Waals surface area contributed by atoms with Crippen LogP contribution in [0.25, 0.3) is 22.4 Å². The Kier molecular flexibility index (Phi) is 5.29. The summed E-state index contributed by atoms with van der Waals surface area (Å²) >= 11 is 0. The van der Waals surface area contributed by atoms with Crippen LogP contribution in [-0.4, -0.2) is 14.8 Å². The molecule has 0 radical (unpaired) electrons. The van der Waals surface area contributed by atoms with Crippen LogP contribution in [0.2, 0.25) is 0 Å². The largest absolute Gasteiger partial charge is 0.344 e. The van der Waals surface area contributed by atoms with E-state index in [0.29, 0.717) is 0 Å². The van der Waals surface area contributed by atoms with Crippen molar-refractivity contribution in [1.29, 1.82) is 0 Å². The summed E-state index contributed by atoms with van der Waals surface area (Å²) in [5.41, 5.74) is 7.25. The maximum atomic E-state index is 4.83. The number of rotatable bonds is 4. The SMILES string of the molecule is CCc1nn(CC)c(-c2cccc(C)c2)c1-c1ccncc1.N. The third-order valence-corrected chi connectivity index (χ3v) is 3.92. The lowest BCUT2D eigenvalue weighted by atomic mass is 9.98. The van der Waals surface area contributed by atoms with Crippen LogP contribution in [0, 0.1) is 6.92 Å². The maximum Gasteiger partial charge on any atom is 0.0763 e. The quantitative estimate of drug-likeness (QED) is 0.762. The Labute approximate surface area is 137 Å². The summed E-state index contributed by atoms with van der Waals surface area (Å²) in [6.45, 7) is 7.29. The fourth-order valence-electron chi connectivity index (χ4n) is 2.90. The predicted molar refractivity (Wildman–Crippen MR) is 95.7 cm³/mol. The summed E-state index contributed by atoms with van der Waals surface area (Å²) < 4.78 is 2.11. The zero-order valence-corrected chi connectivity index (χ0v) is 14.1. The Bertz CT molecular complexity index is 775. The maximum absolute atomic E-state index is 4.83. The molecule has 0 atom stereocenters. The zero-order valence-electron chi connectivity index (χ0n) is 14.1. The summed E-state index contributed by atoms with van der Waals surface area (Å²) in [6.07, 6.45) is 4.61. The number of pyridine rings is 1. The molecule has 0 unspecified atom stereocenters. The van der Waals surface area contributed by atoms with E-state index in [9.17, 15) is 0 Å². The van der Waals surface area contributed by atoms with E-state index in [0.717, 1.165) is 18.7 Å². The van der Waals surface area contributed by atoms with Crippen LogP contribution in [0.15, 0.2) is 48.8 Å². The average molecular weight is 308 g/mol. The van der Waals surface area contributed by atoms with Crippen LogP contribution in [-0.2, 0) is 13.0 Å².